The highest BCUT2D eigenvalue weighted by molar-refractivity contribution is 6.32. The first kappa shape index (κ1) is 14.7. The third kappa shape index (κ3) is 2.60. The van der Waals surface area contributed by atoms with E-state index in [1.807, 2.05) is 57.2 Å². The highest BCUT2D eigenvalue weighted by Gasteiger charge is 2.18. The largest absolute Gasteiger partial charge is 0.451 e. The molecule has 0 aliphatic heterocycles. The van der Waals surface area contributed by atoms with Crippen LogP contribution in [0.15, 0.2) is 40.8 Å². The Labute approximate surface area is 133 Å². The topological polar surface area (TPSA) is 42.2 Å². The molecule has 0 atom stereocenters. The maximum atomic E-state index is 12.4. The fourth-order valence-corrected chi connectivity index (χ4v) is 2.63. The molecule has 0 fully saturated rings. The van der Waals surface area contributed by atoms with Crippen molar-refractivity contribution in [3.8, 4) is 0 Å². The van der Waals surface area contributed by atoms with E-state index in [-0.39, 0.29) is 5.91 Å². The molecule has 0 radical (unpaired) electrons. The Morgan fingerprint density at radius 1 is 1.14 bits per heavy atom. The van der Waals surface area contributed by atoms with Crippen LogP contribution in [0, 0.1) is 20.8 Å². The van der Waals surface area contributed by atoms with Gasteiger partial charge in [-0.05, 0) is 56.2 Å². The lowest BCUT2D eigenvalue weighted by Crippen LogP contribution is -2.12. The molecular formula is C18H16ClNO2. The first-order valence-electron chi connectivity index (χ1n) is 7.03. The number of fused-ring (bicyclic) bond motifs is 1. The third-order valence-electron chi connectivity index (χ3n) is 3.70. The first-order chi connectivity index (χ1) is 10.5. The predicted octanol–water partition coefficient (Wildman–Crippen LogP) is 5.26. The standard InChI is InChI=1S/C18H16ClNO2/c1-10-5-4-6-13(7-10)20-18(21)17-12(3)14-9-15(19)11(2)8-16(14)22-17/h4-9H,1-3H3,(H,20,21). The molecule has 1 heterocycles. The molecule has 0 bridgehead atoms. The molecule has 3 aromatic rings. The Morgan fingerprint density at radius 2 is 1.91 bits per heavy atom. The Bertz CT molecular complexity index is 880. The normalized spacial score (nSPS) is 10.9. The van der Waals surface area contributed by atoms with Crippen molar-refractivity contribution in [2.24, 2.45) is 0 Å². The van der Waals surface area contributed by atoms with E-state index in [4.69, 9.17) is 16.0 Å². The number of furan rings is 1. The molecule has 0 aliphatic rings. The zero-order valence-corrected chi connectivity index (χ0v) is 13.4. The molecule has 22 heavy (non-hydrogen) atoms. The Hall–Kier alpha value is -2.26. The van der Waals surface area contributed by atoms with E-state index in [0.29, 0.717) is 16.4 Å². The van der Waals surface area contributed by atoms with Crippen molar-refractivity contribution in [2.45, 2.75) is 20.8 Å². The summed E-state index contributed by atoms with van der Waals surface area (Å²) in [4.78, 5) is 12.4. The second kappa shape index (κ2) is 5.50. The lowest BCUT2D eigenvalue weighted by molar-refractivity contribution is 0.0998. The molecule has 112 valence electrons. The highest BCUT2D eigenvalue weighted by atomic mass is 35.5. The Kier molecular flexibility index (Phi) is 3.67. The number of rotatable bonds is 2. The zero-order chi connectivity index (χ0) is 15.9. The molecule has 0 aliphatic carbocycles. The molecule has 1 amide bonds. The van der Waals surface area contributed by atoms with Crippen molar-refractivity contribution in [3.05, 3.63) is 63.9 Å². The van der Waals surface area contributed by atoms with Gasteiger partial charge in [-0.1, -0.05) is 23.7 Å². The summed E-state index contributed by atoms with van der Waals surface area (Å²) in [5, 5.41) is 4.40. The van der Waals surface area contributed by atoms with Gasteiger partial charge in [0.05, 0.1) is 0 Å². The van der Waals surface area contributed by atoms with E-state index in [2.05, 4.69) is 5.32 Å². The molecule has 3 nitrogen and oxygen atoms in total. The van der Waals surface area contributed by atoms with Crippen LogP contribution in [0.3, 0.4) is 0 Å². The van der Waals surface area contributed by atoms with Crippen LogP contribution in [0.25, 0.3) is 11.0 Å². The van der Waals surface area contributed by atoms with Crippen molar-refractivity contribution in [3.63, 3.8) is 0 Å². The quantitative estimate of drug-likeness (QED) is 0.701. The monoisotopic (exact) mass is 313 g/mol. The van der Waals surface area contributed by atoms with E-state index in [1.54, 1.807) is 0 Å². The Balaban J connectivity index is 1.99. The van der Waals surface area contributed by atoms with Gasteiger partial charge < -0.3 is 9.73 Å². The molecule has 2 aromatic carbocycles. The summed E-state index contributed by atoms with van der Waals surface area (Å²) in [6, 6.07) is 11.3. The van der Waals surface area contributed by atoms with Gasteiger partial charge >= 0.3 is 0 Å². The highest BCUT2D eigenvalue weighted by Crippen LogP contribution is 2.30. The molecular weight excluding hydrogens is 298 g/mol. The number of aryl methyl sites for hydroxylation is 3. The lowest BCUT2D eigenvalue weighted by Gasteiger charge is -2.04. The first-order valence-corrected chi connectivity index (χ1v) is 7.41. The summed E-state index contributed by atoms with van der Waals surface area (Å²) < 4.78 is 5.73. The van der Waals surface area contributed by atoms with Crippen molar-refractivity contribution < 1.29 is 9.21 Å². The summed E-state index contributed by atoms with van der Waals surface area (Å²) in [7, 11) is 0. The smallest absolute Gasteiger partial charge is 0.291 e. The van der Waals surface area contributed by atoms with Crippen LogP contribution in [0.1, 0.15) is 27.2 Å². The summed E-state index contributed by atoms with van der Waals surface area (Å²) in [6.07, 6.45) is 0. The van der Waals surface area contributed by atoms with Crippen molar-refractivity contribution in [1.82, 2.24) is 0 Å². The zero-order valence-electron chi connectivity index (χ0n) is 12.7. The van der Waals surface area contributed by atoms with Crippen molar-refractivity contribution in [1.29, 1.82) is 0 Å². The van der Waals surface area contributed by atoms with Crippen molar-refractivity contribution >= 4 is 34.2 Å². The molecule has 3 rings (SSSR count). The van der Waals surface area contributed by atoms with Crippen LogP contribution in [0.4, 0.5) is 5.69 Å². The van der Waals surface area contributed by atoms with Gasteiger partial charge in [0, 0.05) is 21.7 Å². The number of amides is 1. The Morgan fingerprint density at radius 3 is 2.64 bits per heavy atom. The third-order valence-corrected chi connectivity index (χ3v) is 4.11. The van der Waals surface area contributed by atoms with Crippen LogP contribution in [-0.4, -0.2) is 5.91 Å². The van der Waals surface area contributed by atoms with Gasteiger partial charge in [-0.3, -0.25) is 4.79 Å². The van der Waals surface area contributed by atoms with Crippen LogP contribution >= 0.6 is 11.6 Å². The average Bonchev–Trinajstić information content (AvgIpc) is 2.77. The number of carbonyl (C=O) groups is 1. The fraction of sp³-hybridized carbons (Fsp3) is 0.167. The van der Waals surface area contributed by atoms with E-state index >= 15 is 0 Å². The average molecular weight is 314 g/mol. The number of hydrogen-bond acceptors (Lipinski definition) is 2. The number of halogens is 1. The minimum absolute atomic E-state index is 0.256. The lowest BCUT2D eigenvalue weighted by atomic mass is 10.1. The van der Waals surface area contributed by atoms with E-state index < -0.39 is 0 Å². The van der Waals surface area contributed by atoms with Gasteiger partial charge in [-0.2, -0.15) is 0 Å². The summed E-state index contributed by atoms with van der Waals surface area (Å²) in [5.74, 6) is 0.0613. The van der Waals surface area contributed by atoms with Gasteiger partial charge in [-0.25, -0.2) is 0 Å². The predicted molar refractivity (Wildman–Crippen MR) is 89.8 cm³/mol. The van der Waals surface area contributed by atoms with Crippen LogP contribution in [0.5, 0.6) is 0 Å². The summed E-state index contributed by atoms with van der Waals surface area (Å²) in [6.45, 7) is 5.75. The molecule has 0 spiro atoms. The van der Waals surface area contributed by atoms with Crippen LogP contribution in [0.2, 0.25) is 5.02 Å². The fourth-order valence-electron chi connectivity index (χ4n) is 2.47. The van der Waals surface area contributed by atoms with Gasteiger partial charge in [0.25, 0.3) is 5.91 Å². The molecule has 0 saturated heterocycles. The van der Waals surface area contributed by atoms with Crippen LogP contribution < -0.4 is 5.32 Å². The summed E-state index contributed by atoms with van der Waals surface area (Å²) in [5.41, 5.74) is 4.23. The van der Waals surface area contributed by atoms with E-state index in [9.17, 15) is 4.79 Å². The maximum absolute atomic E-state index is 12.4. The molecule has 0 unspecified atom stereocenters. The van der Waals surface area contributed by atoms with E-state index in [0.717, 1.165) is 27.8 Å². The number of anilines is 1. The summed E-state index contributed by atoms with van der Waals surface area (Å²) >= 11 is 6.15. The second-order valence-electron chi connectivity index (χ2n) is 5.48. The van der Waals surface area contributed by atoms with E-state index in [1.165, 1.54) is 0 Å². The molecule has 4 heteroatoms. The molecule has 1 aromatic heterocycles. The molecule has 1 N–H and O–H groups in total. The van der Waals surface area contributed by atoms with Gasteiger partial charge in [0.1, 0.15) is 5.58 Å². The number of nitrogens with one attached hydrogen (secondary N) is 1. The number of hydrogen-bond donors (Lipinski definition) is 1. The number of benzene rings is 2. The van der Waals surface area contributed by atoms with Gasteiger partial charge in [0.15, 0.2) is 5.76 Å². The molecule has 0 saturated carbocycles. The minimum Gasteiger partial charge on any atom is -0.451 e. The second-order valence-corrected chi connectivity index (χ2v) is 5.88. The maximum Gasteiger partial charge on any atom is 0.291 e. The SMILES string of the molecule is Cc1cccc(NC(=O)c2oc3cc(C)c(Cl)cc3c2C)c1. The minimum atomic E-state index is -0.256. The van der Waals surface area contributed by atoms with Gasteiger partial charge in [0.2, 0.25) is 0 Å². The van der Waals surface area contributed by atoms with Gasteiger partial charge in [-0.15, -0.1) is 0 Å². The van der Waals surface area contributed by atoms with Crippen molar-refractivity contribution in [2.75, 3.05) is 5.32 Å². The van der Waals surface area contributed by atoms with Crippen LogP contribution in [-0.2, 0) is 0 Å². The number of carbonyl (C=O) groups excluding carboxylic acids is 1.